The van der Waals surface area contributed by atoms with Crippen LogP contribution in [0.25, 0.3) is 0 Å². The summed E-state index contributed by atoms with van der Waals surface area (Å²) in [5.74, 6) is 5.51. The Morgan fingerprint density at radius 2 is 1.58 bits per heavy atom. The summed E-state index contributed by atoms with van der Waals surface area (Å²) in [6.45, 7) is 12.1. The minimum atomic E-state index is 0.373. The fraction of sp³-hybridized carbons (Fsp3) is 0.739. The van der Waals surface area contributed by atoms with Crippen molar-refractivity contribution in [2.45, 2.75) is 73.1 Å². The molecule has 6 unspecified atom stereocenters. The van der Waals surface area contributed by atoms with Gasteiger partial charge in [-0.15, -0.1) is 0 Å². The van der Waals surface area contributed by atoms with Gasteiger partial charge in [0.2, 0.25) is 0 Å². The van der Waals surface area contributed by atoms with E-state index in [0.717, 1.165) is 41.9 Å². The van der Waals surface area contributed by atoms with Crippen molar-refractivity contribution in [3.63, 3.8) is 0 Å². The third-order valence-corrected chi connectivity index (χ3v) is 6.86. The van der Waals surface area contributed by atoms with Crippen molar-refractivity contribution in [2.75, 3.05) is 0 Å². The van der Waals surface area contributed by atoms with Gasteiger partial charge in [-0.3, -0.25) is 0 Å². The molecule has 0 radical (unpaired) electrons. The summed E-state index contributed by atoms with van der Waals surface area (Å²) in [5.41, 5.74) is 1.37. The second kappa shape index (κ2) is 8.92. The lowest BCUT2D eigenvalue weighted by molar-refractivity contribution is 0.197. The van der Waals surface area contributed by atoms with Crippen LogP contribution < -0.4 is 0 Å². The van der Waals surface area contributed by atoms with Gasteiger partial charge in [-0.05, 0) is 66.0 Å². The molecule has 1 aliphatic carbocycles. The van der Waals surface area contributed by atoms with Crippen LogP contribution in [0.2, 0.25) is 0 Å². The molecular formula is C23H38O. The molecule has 0 heterocycles. The van der Waals surface area contributed by atoms with Gasteiger partial charge in [0.1, 0.15) is 5.75 Å². The molecule has 136 valence electrons. The van der Waals surface area contributed by atoms with E-state index >= 15 is 0 Å². The van der Waals surface area contributed by atoms with Gasteiger partial charge >= 0.3 is 0 Å². The SMILES string of the molecule is CCCCC1C(CC)C(C)C(C(C)Cc2ccc(O)cc2)C1CC. The normalized spacial score (nSPS) is 31.3. The lowest BCUT2D eigenvalue weighted by atomic mass is 9.75. The molecule has 1 fully saturated rings. The Hall–Kier alpha value is -0.980. The van der Waals surface area contributed by atoms with E-state index in [9.17, 15) is 5.11 Å². The fourth-order valence-electron chi connectivity index (χ4n) is 5.87. The van der Waals surface area contributed by atoms with Crippen LogP contribution in [0.4, 0.5) is 0 Å². The molecule has 1 aromatic carbocycles. The minimum absolute atomic E-state index is 0.373. The molecule has 6 atom stereocenters. The molecule has 1 aromatic rings. The highest BCUT2D eigenvalue weighted by Crippen LogP contribution is 2.53. The molecule has 1 N–H and O–H groups in total. The number of benzene rings is 1. The first-order valence-corrected chi connectivity index (χ1v) is 10.3. The zero-order valence-corrected chi connectivity index (χ0v) is 16.5. The highest BCUT2D eigenvalue weighted by atomic mass is 16.3. The van der Waals surface area contributed by atoms with Crippen molar-refractivity contribution in [3.05, 3.63) is 29.8 Å². The number of hydrogen-bond acceptors (Lipinski definition) is 1. The first kappa shape index (κ1) is 19.3. The largest absolute Gasteiger partial charge is 0.508 e. The Morgan fingerprint density at radius 3 is 2.12 bits per heavy atom. The van der Waals surface area contributed by atoms with E-state index < -0.39 is 0 Å². The second-order valence-corrected chi connectivity index (χ2v) is 8.23. The number of hydrogen-bond donors (Lipinski definition) is 1. The van der Waals surface area contributed by atoms with E-state index in [1.807, 2.05) is 12.1 Å². The van der Waals surface area contributed by atoms with Crippen LogP contribution in [0.1, 0.15) is 72.3 Å². The van der Waals surface area contributed by atoms with Gasteiger partial charge in [0.05, 0.1) is 0 Å². The van der Waals surface area contributed by atoms with E-state index in [1.54, 1.807) is 0 Å². The Labute approximate surface area is 149 Å². The minimum Gasteiger partial charge on any atom is -0.508 e. The molecule has 0 aliphatic heterocycles. The lowest BCUT2D eigenvalue weighted by Crippen LogP contribution is -2.24. The van der Waals surface area contributed by atoms with Gasteiger partial charge in [0.15, 0.2) is 0 Å². The second-order valence-electron chi connectivity index (χ2n) is 8.23. The van der Waals surface area contributed by atoms with Gasteiger partial charge in [-0.2, -0.15) is 0 Å². The summed E-state index contributed by atoms with van der Waals surface area (Å²) in [4.78, 5) is 0. The van der Waals surface area contributed by atoms with Crippen LogP contribution in [-0.4, -0.2) is 5.11 Å². The van der Waals surface area contributed by atoms with Crippen molar-refractivity contribution in [3.8, 4) is 5.75 Å². The zero-order chi connectivity index (χ0) is 17.7. The average molecular weight is 331 g/mol. The third kappa shape index (κ3) is 4.16. The van der Waals surface area contributed by atoms with Gasteiger partial charge in [-0.25, -0.2) is 0 Å². The zero-order valence-electron chi connectivity index (χ0n) is 16.5. The van der Waals surface area contributed by atoms with Crippen LogP contribution in [0, 0.1) is 35.5 Å². The summed E-state index contributed by atoms with van der Waals surface area (Å²) in [5, 5.41) is 9.51. The average Bonchev–Trinajstić information content (AvgIpc) is 2.85. The Kier molecular flexibility index (Phi) is 7.19. The van der Waals surface area contributed by atoms with Gasteiger partial charge < -0.3 is 5.11 Å². The predicted octanol–water partition coefficient (Wildman–Crippen LogP) is 6.70. The summed E-state index contributed by atoms with van der Waals surface area (Å²) in [6, 6.07) is 7.85. The monoisotopic (exact) mass is 330 g/mol. The number of phenols is 1. The number of aromatic hydroxyl groups is 1. The molecule has 0 amide bonds. The summed E-state index contributed by atoms with van der Waals surface area (Å²) >= 11 is 0. The van der Waals surface area contributed by atoms with Gasteiger partial charge in [-0.1, -0.05) is 72.4 Å². The fourth-order valence-corrected chi connectivity index (χ4v) is 5.87. The highest BCUT2D eigenvalue weighted by molar-refractivity contribution is 5.26. The topological polar surface area (TPSA) is 20.2 Å². The maximum atomic E-state index is 9.51. The quantitative estimate of drug-likeness (QED) is 0.562. The molecule has 0 saturated heterocycles. The van der Waals surface area contributed by atoms with E-state index in [1.165, 1.54) is 37.7 Å². The highest BCUT2D eigenvalue weighted by Gasteiger charge is 2.47. The molecule has 1 saturated carbocycles. The van der Waals surface area contributed by atoms with E-state index in [2.05, 4.69) is 46.8 Å². The molecule has 1 aliphatic rings. The van der Waals surface area contributed by atoms with Gasteiger partial charge in [0.25, 0.3) is 0 Å². The maximum absolute atomic E-state index is 9.51. The van der Waals surface area contributed by atoms with Gasteiger partial charge in [0, 0.05) is 0 Å². The van der Waals surface area contributed by atoms with Crippen molar-refractivity contribution in [2.24, 2.45) is 35.5 Å². The molecular weight excluding hydrogens is 292 g/mol. The van der Waals surface area contributed by atoms with Crippen LogP contribution in [0.15, 0.2) is 24.3 Å². The standard InChI is InChI=1S/C23H38O/c1-6-9-10-22-20(7-2)17(5)23(21(22)8-3)16(4)15-18-11-13-19(24)14-12-18/h11-14,16-17,20-24H,6-10,15H2,1-5H3. The molecule has 0 spiro atoms. The first-order valence-electron chi connectivity index (χ1n) is 10.3. The van der Waals surface area contributed by atoms with Crippen molar-refractivity contribution in [1.82, 2.24) is 0 Å². The Balaban J connectivity index is 2.14. The van der Waals surface area contributed by atoms with E-state index in [4.69, 9.17) is 0 Å². The lowest BCUT2D eigenvalue weighted by Gasteiger charge is -2.30. The van der Waals surface area contributed by atoms with Crippen LogP contribution in [0.3, 0.4) is 0 Å². The molecule has 24 heavy (non-hydrogen) atoms. The van der Waals surface area contributed by atoms with E-state index in [0.29, 0.717) is 5.75 Å². The smallest absolute Gasteiger partial charge is 0.115 e. The van der Waals surface area contributed by atoms with Crippen LogP contribution >= 0.6 is 0 Å². The molecule has 0 bridgehead atoms. The maximum Gasteiger partial charge on any atom is 0.115 e. The first-order chi connectivity index (χ1) is 11.5. The van der Waals surface area contributed by atoms with Crippen molar-refractivity contribution >= 4 is 0 Å². The molecule has 0 aromatic heterocycles. The Morgan fingerprint density at radius 1 is 0.958 bits per heavy atom. The van der Waals surface area contributed by atoms with Crippen molar-refractivity contribution in [1.29, 1.82) is 0 Å². The summed E-state index contributed by atoms with van der Waals surface area (Å²) in [6.07, 6.45) is 7.96. The van der Waals surface area contributed by atoms with Crippen LogP contribution in [-0.2, 0) is 6.42 Å². The van der Waals surface area contributed by atoms with Crippen LogP contribution in [0.5, 0.6) is 5.75 Å². The third-order valence-electron chi connectivity index (χ3n) is 6.86. The predicted molar refractivity (Wildman–Crippen MR) is 104 cm³/mol. The van der Waals surface area contributed by atoms with Crippen molar-refractivity contribution < 1.29 is 5.11 Å². The molecule has 1 nitrogen and oxygen atoms in total. The number of unbranched alkanes of at least 4 members (excludes halogenated alkanes) is 1. The Bertz CT molecular complexity index is 477. The summed E-state index contributed by atoms with van der Waals surface area (Å²) < 4.78 is 0. The number of rotatable bonds is 8. The van der Waals surface area contributed by atoms with E-state index in [-0.39, 0.29) is 0 Å². The molecule has 1 heteroatoms. The number of phenolic OH excluding ortho intramolecular Hbond substituents is 1. The molecule has 2 rings (SSSR count). The summed E-state index contributed by atoms with van der Waals surface area (Å²) in [7, 11) is 0.